The average molecular weight is 365 g/mol. The molecule has 5 heteroatoms. The molecule has 0 amide bonds. The van der Waals surface area contributed by atoms with Crippen LogP contribution in [0.25, 0.3) is 0 Å². The Bertz CT molecular complexity index is 713. The molecule has 0 fully saturated rings. The van der Waals surface area contributed by atoms with Gasteiger partial charge in [0, 0.05) is 55.7 Å². The van der Waals surface area contributed by atoms with Gasteiger partial charge in [-0.05, 0) is 72.4 Å². The number of hydrogen-bond acceptors (Lipinski definition) is 4. The highest BCUT2D eigenvalue weighted by molar-refractivity contribution is 7.63. The fourth-order valence-electron chi connectivity index (χ4n) is 2.98. The van der Waals surface area contributed by atoms with E-state index >= 15 is 0 Å². The van der Waals surface area contributed by atoms with Crippen LogP contribution in [0, 0.1) is 0 Å². The second-order valence-corrected chi connectivity index (χ2v) is 10.0. The van der Waals surface area contributed by atoms with Crippen molar-refractivity contribution in [3.8, 4) is 0 Å². The van der Waals surface area contributed by atoms with Crippen LogP contribution in [0.15, 0.2) is 73.6 Å². The summed E-state index contributed by atoms with van der Waals surface area (Å²) in [6.45, 7) is 0. The Balaban J connectivity index is 1.65. The predicted octanol–water partition coefficient (Wildman–Crippen LogP) is 4.26. The standard InChI is InChI=1S/C21H24N3OP/c25-26(16-7-19-1-10-22-11-2-19,17-8-20-3-12-23-13-4-20)18-9-21-5-14-24-15-6-21/h1-6,10-15H,7-9,16-18H2. The summed E-state index contributed by atoms with van der Waals surface area (Å²) in [6, 6.07) is 12.1. The average Bonchev–Trinajstić information content (AvgIpc) is 2.72. The normalized spacial score (nSPS) is 11.4. The van der Waals surface area contributed by atoms with Crippen LogP contribution >= 0.6 is 7.14 Å². The van der Waals surface area contributed by atoms with Crippen LogP contribution in [-0.4, -0.2) is 33.4 Å². The van der Waals surface area contributed by atoms with Gasteiger partial charge in [-0.1, -0.05) is 0 Å². The number of rotatable bonds is 9. The zero-order valence-corrected chi connectivity index (χ0v) is 15.8. The second-order valence-electron chi connectivity index (χ2n) is 6.55. The van der Waals surface area contributed by atoms with E-state index in [4.69, 9.17) is 0 Å². The molecular formula is C21H24N3OP. The van der Waals surface area contributed by atoms with Crippen molar-refractivity contribution >= 4 is 7.14 Å². The topological polar surface area (TPSA) is 55.7 Å². The van der Waals surface area contributed by atoms with E-state index in [1.54, 1.807) is 37.2 Å². The molecule has 3 rings (SSSR count). The third-order valence-corrected chi connectivity index (χ3v) is 7.79. The molecule has 0 aromatic carbocycles. The predicted molar refractivity (Wildman–Crippen MR) is 106 cm³/mol. The Labute approximate surface area is 155 Å². The summed E-state index contributed by atoms with van der Waals surface area (Å²) in [5, 5.41) is 0. The molecule has 3 aromatic rings. The van der Waals surface area contributed by atoms with Gasteiger partial charge in [-0.15, -0.1) is 0 Å². The van der Waals surface area contributed by atoms with E-state index in [0.717, 1.165) is 37.7 Å². The molecule has 0 unspecified atom stereocenters. The molecule has 134 valence electrons. The first-order valence-electron chi connectivity index (χ1n) is 8.97. The molecule has 0 aliphatic rings. The maximum absolute atomic E-state index is 13.7. The van der Waals surface area contributed by atoms with E-state index < -0.39 is 7.14 Å². The maximum Gasteiger partial charge on any atom is 0.0887 e. The van der Waals surface area contributed by atoms with Crippen LogP contribution in [0.3, 0.4) is 0 Å². The number of hydrogen-bond donors (Lipinski definition) is 0. The molecule has 0 atom stereocenters. The largest absolute Gasteiger partial charge is 0.324 e. The Morgan fingerprint density at radius 3 is 1.08 bits per heavy atom. The van der Waals surface area contributed by atoms with Crippen LogP contribution in [-0.2, 0) is 23.8 Å². The smallest absolute Gasteiger partial charge is 0.0887 e. The van der Waals surface area contributed by atoms with Gasteiger partial charge >= 0.3 is 0 Å². The number of nitrogens with zero attached hydrogens (tertiary/aromatic N) is 3. The molecule has 0 bridgehead atoms. The van der Waals surface area contributed by atoms with Crippen molar-refractivity contribution in [1.82, 2.24) is 15.0 Å². The van der Waals surface area contributed by atoms with Crippen molar-refractivity contribution < 1.29 is 4.57 Å². The van der Waals surface area contributed by atoms with Gasteiger partial charge < -0.3 is 4.57 Å². The molecule has 0 aliphatic heterocycles. The van der Waals surface area contributed by atoms with Crippen molar-refractivity contribution in [2.75, 3.05) is 18.5 Å². The van der Waals surface area contributed by atoms with Crippen LogP contribution in [0.2, 0.25) is 0 Å². The SMILES string of the molecule is O=P(CCc1ccncc1)(CCc1ccncc1)CCc1ccncc1. The summed E-state index contributed by atoms with van der Waals surface area (Å²) in [6.07, 6.45) is 15.5. The highest BCUT2D eigenvalue weighted by Gasteiger charge is 2.22. The van der Waals surface area contributed by atoms with Crippen molar-refractivity contribution in [2.24, 2.45) is 0 Å². The van der Waals surface area contributed by atoms with E-state index in [1.165, 1.54) is 16.7 Å². The summed E-state index contributed by atoms with van der Waals surface area (Å²) in [7, 11) is -2.28. The van der Waals surface area contributed by atoms with Gasteiger partial charge in [0.25, 0.3) is 0 Å². The molecule has 4 nitrogen and oxygen atoms in total. The van der Waals surface area contributed by atoms with Gasteiger partial charge in [0.1, 0.15) is 0 Å². The van der Waals surface area contributed by atoms with E-state index in [1.807, 2.05) is 36.4 Å². The summed E-state index contributed by atoms with van der Waals surface area (Å²) in [5.41, 5.74) is 3.61. The monoisotopic (exact) mass is 365 g/mol. The summed E-state index contributed by atoms with van der Waals surface area (Å²) in [5.74, 6) is 0. The number of aromatic nitrogens is 3. The molecule has 3 aromatic heterocycles. The van der Waals surface area contributed by atoms with Crippen LogP contribution in [0.1, 0.15) is 16.7 Å². The highest BCUT2D eigenvalue weighted by atomic mass is 31.2. The molecule has 0 saturated carbocycles. The first-order chi connectivity index (χ1) is 12.7. The molecule has 0 N–H and O–H groups in total. The quantitative estimate of drug-likeness (QED) is 0.532. The van der Waals surface area contributed by atoms with E-state index in [9.17, 15) is 4.57 Å². The maximum atomic E-state index is 13.7. The lowest BCUT2D eigenvalue weighted by molar-refractivity contribution is 0.572. The lowest BCUT2D eigenvalue weighted by atomic mass is 10.2. The Morgan fingerprint density at radius 1 is 0.538 bits per heavy atom. The van der Waals surface area contributed by atoms with Crippen LogP contribution < -0.4 is 0 Å². The third kappa shape index (κ3) is 5.89. The number of pyridine rings is 3. The Hall–Kier alpha value is -2.32. The molecule has 26 heavy (non-hydrogen) atoms. The lowest BCUT2D eigenvalue weighted by Crippen LogP contribution is -2.07. The Morgan fingerprint density at radius 2 is 0.808 bits per heavy atom. The minimum atomic E-state index is -2.28. The summed E-state index contributed by atoms with van der Waals surface area (Å²) in [4.78, 5) is 12.2. The fraction of sp³-hybridized carbons (Fsp3) is 0.286. The van der Waals surface area contributed by atoms with Crippen molar-refractivity contribution in [1.29, 1.82) is 0 Å². The molecular weight excluding hydrogens is 341 g/mol. The molecule has 0 radical (unpaired) electrons. The molecule has 0 aliphatic carbocycles. The fourth-order valence-corrected chi connectivity index (χ4v) is 5.65. The zero-order chi connectivity index (χ0) is 18.1. The first kappa shape index (κ1) is 18.5. The Kier molecular flexibility index (Phi) is 6.68. The lowest BCUT2D eigenvalue weighted by Gasteiger charge is -2.19. The minimum absolute atomic E-state index is 0.743. The third-order valence-electron chi connectivity index (χ3n) is 4.67. The summed E-state index contributed by atoms with van der Waals surface area (Å²) < 4.78 is 13.7. The zero-order valence-electron chi connectivity index (χ0n) is 14.9. The van der Waals surface area contributed by atoms with Gasteiger partial charge in [-0.2, -0.15) is 0 Å². The van der Waals surface area contributed by atoms with E-state index in [0.29, 0.717) is 0 Å². The van der Waals surface area contributed by atoms with Crippen molar-refractivity contribution in [2.45, 2.75) is 19.3 Å². The van der Waals surface area contributed by atoms with Crippen molar-refractivity contribution in [3.63, 3.8) is 0 Å². The van der Waals surface area contributed by atoms with Crippen molar-refractivity contribution in [3.05, 3.63) is 90.3 Å². The molecule has 3 heterocycles. The van der Waals surface area contributed by atoms with Gasteiger partial charge in [0.15, 0.2) is 0 Å². The van der Waals surface area contributed by atoms with Gasteiger partial charge in [0.2, 0.25) is 0 Å². The molecule has 0 spiro atoms. The number of aryl methyl sites for hydroxylation is 3. The van der Waals surface area contributed by atoms with Crippen LogP contribution in [0.4, 0.5) is 0 Å². The first-order valence-corrected chi connectivity index (χ1v) is 11.2. The molecule has 0 saturated heterocycles. The highest BCUT2D eigenvalue weighted by Crippen LogP contribution is 2.47. The van der Waals surface area contributed by atoms with Crippen LogP contribution in [0.5, 0.6) is 0 Å². The van der Waals surface area contributed by atoms with Gasteiger partial charge in [0.05, 0.1) is 7.14 Å². The van der Waals surface area contributed by atoms with Gasteiger partial charge in [-0.3, -0.25) is 15.0 Å². The minimum Gasteiger partial charge on any atom is -0.324 e. The van der Waals surface area contributed by atoms with E-state index in [-0.39, 0.29) is 0 Å². The second kappa shape index (κ2) is 9.40. The van der Waals surface area contributed by atoms with Gasteiger partial charge in [-0.25, -0.2) is 0 Å². The summed E-state index contributed by atoms with van der Waals surface area (Å²) >= 11 is 0. The van der Waals surface area contributed by atoms with E-state index in [2.05, 4.69) is 15.0 Å².